The molecule has 1 saturated heterocycles. The van der Waals surface area contributed by atoms with Crippen molar-refractivity contribution in [2.75, 3.05) is 0 Å². The van der Waals surface area contributed by atoms with Crippen molar-refractivity contribution in [3.63, 3.8) is 0 Å². The number of benzene rings is 1. The molecule has 7 atom stereocenters. The number of hydrogen-bond acceptors (Lipinski definition) is 4. The predicted molar refractivity (Wildman–Crippen MR) is 92.0 cm³/mol. The summed E-state index contributed by atoms with van der Waals surface area (Å²) in [4.78, 5) is 12.3. The van der Waals surface area contributed by atoms with Gasteiger partial charge >= 0.3 is 0 Å². The van der Waals surface area contributed by atoms with Gasteiger partial charge in [-0.3, -0.25) is 4.79 Å². The lowest BCUT2D eigenvalue weighted by atomic mass is 9.62. The van der Waals surface area contributed by atoms with Gasteiger partial charge in [0.2, 0.25) is 5.91 Å². The summed E-state index contributed by atoms with van der Waals surface area (Å²) >= 11 is 1.48. The van der Waals surface area contributed by atoms with Gasteiger partial charge in [-0.25, -0.2) is 4.39 Å². The standard InChI is InChI=1S/C18H21FN2O2S/c19-12-7-13(22)14(10-3-1-9(8-20)2-4-10)15-11-5-6-24-17(11)18(23)21-16(12)15/h1-6,11-17,22H,7-8,20H2,(H,21,23). The second-order valence-electron chi connectivity index (χ2n) is 6.86. The smallest absolute Gasteiger partial charge is 0.234 e. The highest BCUT2D eigenvalue weighted by Gasteiger charge is 2.55. The van der Waals surface area contributed by atoms with E-state index in [1.54, 1.807) is 0 Å². The summed E-state index contributed by atoms with van der Waals surface area (Å²) in [5.41, 5.74) is 7.67. The number of aliphatic hydroxyl groups excluding tert-OH is 1. The van der Waals surface area contributed by atoms with E-state index in [1.165, 1.54) is 11.8 Å². The van der Waals surface area contributed by atoms with Crippen molar-refractivity contribution >= 4 is 17.7 Å². The van der Waals surface area contributed by atoms with Crippen molar-refractivity contribution in [1.82, 2.24) is 5.32 Å². The highest BCUT2D eigenvalue weighted by molar-refractivity contribution is 8.03. The van der Waals surface area contributed by atoms with Crippen molar-refractivity contribution in [3.05, 3.63) is 46.9 Å². The summed E-state index contributed by atoms with van der Waals surface area (Å²) < 4.78 is 14.6. The van der Waals surface area contributed by atoms with Gasteiger partial charge < -0.3 is 16.2 Å². The zero-order valence-electron chi connectivity index (χ0n) is 13.1. The van der Waals surface area contributed by atoms with Crippen LogP contribution in [0.25, 0.3) is 0 Å². The van der Waals surface area contributed by atoms with Gasteiger partial charge in [0.25, 0.3) is 0 Å². The number of fused-ring (bicyclic) bond motifs is 3. The second kappa shape index (κ2) is 6.17. The molecule has 4 rings (SSSR count). The predicted octanol–water partition coefficient (Wildman–Crippen LogP) is 1.69. The first kappa shape index (κ1) is 16.1. The molecule has 4 N–H and O–H groups in total. The molecule has 0 bridgehead atoms. The molecule has 2 heterocycles. The molecule has 0 radical (unpaired) electrons. The van der Waals surface area contributed by atoms with E-state index in [2.05, 4.69) is 5.32 Å². The number of carbonyl (C=O) groups excluding carboxylic acids is 1. The van der Waals surface area contributed by atoms with Crippen molar-refractivity contribution in [1.29, 1.82) is 0 Å². The van der Waals surface area contributed by atoms with Crippen LogP contribution in [0.2, 0.25) is 0 Å². The van der Waals surface area contributed by atoms with Gasteiger partial charge in [-0.15, -0.1) is 11.8 Å². The van der Waals surface area contributed by atoms with Crippen LogP contribution in [0.15, 0.2) is 35.7 Å². The van der Waals surface area contributed by atoms with Crippen LogP contribution in [0.1, 0.15) is 23.5 Å². The molecule has 1 aromatic rings. The molecule has 0 aromatic heterocycles. The van der Waals surface area contributed by atoms with Crippen LogP contribution in [0, 0.1) is 11.8 Å². The summed E-state index contributed by atoms with van der Waals surface area (Å²) in [5.74, 6) is -0.458. The fourth-order valence-electron chi connectivity index (χ4n) is 4.46. The fourth-order valence-corrected chi connectivity index (χ4v) is 5.54. The zero-order valence-corrected chi connectivity index (χ0v) is 14.0. The van der Waals surface area contributed by atoms with Crippen molar-refractivity contribution in [2.45, 2.75) is 42.5 Å². The Morgan fingerprint density at radius 1 is 1.33 bits per heavy atom. The number of hydrogen-bond donors (Lipinski definition) is 3. The SMILES string of the molecule is NCc1ccc(C2C(O)CC(F)C3NC(=O)C4SC=CC4C32)cc1. The fraction of sp³-hybridized carbons (Fsp3) is 0.500. The number of nitrogens with two attached hydrogens (primary N) is 1. The van der Waals surface area contributed by atoms with Crippen LogP contribution >= 0.6 is 11.8 Å². The number of carbonyl (C=O) groups is 1. The quantitative estimate of drug-likeness (QED) is 0.760. The number of halogens is 1. The topological polar surface area (TPSA) is 75.3 Å². The Morgan fingerprint density at radius 3 is 2.79 bits per heavy atom. The lowest BCUT2D eigenvalue weighted by Gasteiger charge is -2.49. The summed E-state index contributed by atoms with van der Waals surface area (Å²) in [6, 6.07) is 7.32. The minimum absolute atomic E-state index is 0.0406. The van der Waals surface area contributed by atoms with Gasteiger partial charge in [-0.05, 0) is 22.5 Å². The summed E-state index contributed by atoms with van der Waals surface area (Å²) in [6.07, 6.45) is 0.101. The van der Waals surface area contributed by atoms with E-state index in [0.717, 1.165) is 11.1 Å². The second-order valence-corrected chi connectivity index (χ2v) is 7.92. The van der Waals surface area contributed by atoms with E-state index in [0.29, 0.717) is 6.54 Å². The molecular weight excluding hydrogens is 327 g/mol. The Kier molecular flexibility index (Phi) is 4.14. The number of nitrogens with one attached hydrogen (secondary N) is 1. The van der Waals surface area contributed by atoms with E-state index in [1.807, 2.05) is 35.7 Å². The molecule has 7 unspecified atom stereocenters. The van der Waals surface area contributed by atoms with Gasteiger partial charge in [-0.1, -0.05) is 30.3 Å². The number of allylic oxidation sites excluding steroid dienone is 1. The van der Waals surface area contributed by atoms with Crippen LogP contribution < -0.4 is 11.1 Å². The lowest BCUT2D eigenvalue weighted by Crippen LogP contribution is -2.63. The average molecular weight is 348 g/mol. The highest BCUT2D eigenvalue weighted by Crippen LogP contribution is 2.50. The first-order valence-electron chi connectivity index (χ1n) is 8.33. The number of rotatable bonds is 2. The largest absolute Gasteiger partial charge is 0.392 e. The maximum atomic E-state index is 14.6. The van der Waals surface area contributed by atoms with E-state index in [-0.39, 0.29) is 35.3 Å². The van der Waals surface area contributed by atoms with Crippen molar-refractivity contribution < 1.29 is 14.3 Å². The van der Waals surface area contributed by atoms with Gasteiger partial charge in [-0.2, -0.15) is 0 Å². The van der Waals surface area contributed by atoms with Crippen LogP contribution in [-0.4, -0.2) is 34.6 Å². The summed E-state index contributed by atoms with van der Waals surface area (Å²) in [6.45, 7) is 0.465. The first-order valence-corrected chi connectivity index (χ1v) is 9.28. The van der Waals surface area contributed by atoms with E-state index in [4.69, 9.17) is 5.73 Å². The molecule has 1 saturated carbocycles. The minimum Gasteiger partial charge on any atom is -0.392 e. The average Bonchev–Trinajstić information content (AvgIpc) is 3.07. The number of amides is 1. The summed E-state index contributed by atoms with van der Waals surface area (Å²) in [5, 5.41) is 15.2. The van der Waals surface area contributed by atoms with Crippen molar-refractivity contribution in [2.24, 2.45) is 17.6 Å². The van der Waals surface area contributed by atoms with E-state index in [9.17, 15) is 14.3 Å². The molecule has 0 spiro atoms. The maximum absolute atomic E-state index is 14.6. The number of aliphatic hydroxyl groups is 1. The Balaban J connectivity index is 1.73. The zero-order chi connectivity index (χ0) is 16.8. The summed E-state index contributed by atoms with van der Waals surface area (Å²) in [7, 11) is 0. The first-order chi connectivity index (χ1) is 11.6. The van der Waals surface area contributed by atoms with Crippen LogP contribution in [0.4, 0.5) is 4.39 Å². The van der Waals surface area contributed by atoms with Crippen molar-refractivity contribution in [3.8, 4) is 0 Å². The maximum Gasteiger partial charge on any atom is 0.234 e. The third kappa shape index (κ3) is 2.48. The van der Waals surface area contributed by atoms with Gasteiger partial charge in [0, 0.05) is 24.8 Å². The Labute approximate surface area is 144 Å². The molecular formula is C18H21FN2O2S. The van der Waals surface area contributed by atoms with Gasteiger partial charge in [0.15, 0.2) is 0 Å². The van der Waals surface area contributed by atoms with Crippen LogP contribution in [-0.2, 0) is 11.3 Å². The van der Waals surface area contributed by atoms with E-state index >= 15 is 0 Å². The molecule has 1 aliphatic carbocycles. The number of thioether (sulfide) groups is 1. The molecule has 24 heavy (non-hydrogen) atoms. The minimum atomic E-state index is -1.21. The molecule has 2 fully saturated rings. The highest BCUT2D eigenvalue weighted by atomic mass is 32.2. The molecule has 1 aromatic carbocycles. The number of piperidine rings is 1. The van der Waals surface area contributed by atoms with Crippen LogP contribution in [0.3, 0.4) is 0 Å². The lowest BCUT2D eigenvalue weighted by molar-refractivity contribution is -0.129. The molecule has 3 aliphatic rings. The third-order valence-electron chi connectivity index (χ3n) is 5.59. The molecule has 6 heteroatoms. The molecule has 1 amide bonds. The Morgan fingerprint density at radius 2 is 2.08 bits per heavy atom. The van der Waals surface area contributed by atoms with Gasteiger partial charge in [0.1, 0.15) is 6.17 Å². The normalized spacial score (nSPS) is 40.8. The molecule has 4 nitrogen and oxygen atoms in total. The van der Waals surface area contributed by atoms with E-state index < -0.39 is 18.3 Å². The monoisotopic (exact) mass is 348 g/mol. The third-order valence-corrected chi connectivity index (χ3v) is 6.72. The Bertz CT molecular complexity index is 665. The molecule has 2 aliphatic heterocycles. The van der Waals surface area contributed by atoms with Gasteiger partial charge in [0.05, 0.1) is 17.4 Å². The number of alkyl halides is 1. The van der Waals surface area contributed by atoms with Crippen LogP contribution in [0.5, 0.6) is 0 Å². The molecule has 128 valence electrons. The Hall–Kier alpha value is -1.37.